The Hall–Kier alpha value is -1.61. The van der Waals surface area contributed by atoms with Crippen molar-refractivity contribution in [1.29, 1.82) is 5.26 Å². The Balaban J connectivity index is 1.91. The number of carbonyl (C=O) groups is 2. The first-order valence-electron chi connectivity index (χ1n) is 6.83. The smallest absolute Gasteiger partial charge is 0.240 e. The zero-order valence-corrected chi connectivity index (χ0v) is 11.1. The van der Waals surface area contributed by atoms with Crippen LogP contribution in [0.25, 0.3) is 0 Å². The van der Waals surface area contributed by atoms with E-state index in [0.717, 1.165) is 12.8 Å². The average molecular weight is 264 g/mol. The number of nitriles is 1. The van der Waals surface area contributed by atoms with E-state index in [1.165, 1.54) is 0 Å². The van der Waals surface area contributed by atoms with Gasteiger partial charge < -0.3 is 16.0 Å². The van der Waals surface area contributed by atoms with E-state index in [2.05, 4.69) is 11.4 Å². The Labute approximate surface area is 112 Å². The van der Waals surface area contributed by atoms with Crippen LogP contribution in [0.3, 0.4) is 0 Å². The Bertz CT molecular complexity index is 417. The molecule has 3 N–H and O–H groups in total. The van der Waals surface area contributed by atoms with E-state index >= 15 is 0 Å². The highest BCUT2D eigenvalue weighted by atomic mass is 16.2. The van der Waals surface area contributed by atoms with E-state index in [4.69, 9.17) is 11.0 Å². The quantitative estimate of drug-likeness (QED) is 0.721. The van der Waals surface area contributed by atoms with E-state index < -0.39 is 6.04 Å². The molecule has 1 saturated carbocycles. The zero-order valence-electron chi connectivity index (χ0n) is 11.1. The van der Waals surface area contributed by atoms with Gasteiger partial charge in [0.15, 0.2) is 0 Å². The van der Waals surface area contributed by atoms with Crippen LogP contribution in [-0.4, -0.2) is 41.9 Å². The second-order valence-electron chi connectivity index (χ2n) is 5.25. The number of amides is 2. The van der Waals surface area contributed by atoms with Crippen LogP contribution in [0, 0.1) is 23.2 Å². The van der Waals surface area contributed by atoms with Gasteiger partial charge in [-0.25, -0.2) is 0 Å². The first-order valence-corrected chi connectivity index (χ1v) is 6.83. The standard InChI is InChI=1S/C13H20N4O2/c1-2-16-12(18)10-6-9(10)11(15)13(19)17-5-3-4-8(17)7-14/h8-11H,2-6,15H2,1H3,(H,16,18)/t8?,9-,10-,11?/m0/s1. The molecular formula is C13H20N4O2. The number of rotatable bonds is 4. The van der Waals surface area contributed by atoms with E-state index in [-0.39, 0.29) is 29.7 Å². The summed E-state index contributed by atoms with van der Waals surface area (Å²) in [4.78, 5) is 25.4. The number of likely N-dealkylation sites (tertiary alicyclic amines) is 1. The molecule has 2 rings (SSSR count). The van der Waals surface area contributed by atoms with Gasteiger partial charge in [0.2, 0.25) is 11.8 Å². The van der Waals surface area contributed by atoms with Crippen LogP contribution in [-0.2, 0) is 9.59 Å². The molecule has 2 aliphatic rings. The number of nitrogens with one attached hydrogen (secondary N) is 1. The minimum atomic E-state index is -0.651. The predicted molar refractivity (Wildman–Crippen MR) is 68.6 cm³/mol. The largest absolute Gasteiger partial charge is 0.356 e. The van der Waals surface area contributed by atoms with Crippen LogP contribution in [0.5, 0.6) is 0 Å². The molecule has 2 unspecified atom stereocenters. The molecule has 4 atom stereocenters. The van der Waals surface area contributed by atoms with Gasteiger partial charge in [-0.1, -0.05) is 0 Å². The number of hydrogen-bond acceptors (Lipinski definition) is 4. The van der Waals surface area contributed by atoms with Gasteiger partial charge in [-0.15, -0.1) is 0 Å². The lowest BCUT2D eigenvalue weighted by atomic mass is 10.1. The second-order valence-corrected chi connectivity index (χ2v) is 5.25. The second kappa shape index (κ2) is 5.57. The van der Waals surface area contributed by atoms with Gasteiger partial charge in [0.1, 0.15) is 6.04 Å². The molecule has 6 nitrogen and oxygen atoms in total. The maximum Gasteiger partial charge on any atom is 0.240 e. The molecule has 0 radical (unpaired) electrons. The topological polar surface area (TPSA) is 99.2 Å². The van der Waals surface area contributed by atoms with Crippen LogP contribution in [0.2, 0.25) is 0 Å². The van der Waals surface area contributed by atoms with Gasteiger partial charge in [0.05, 0.1) is 12.1 Å². The van der Waals surface area contributed by atoms with Gasteiger partial charge in [-0.3, -0.25) is 9.59 Å². The van der Waals surface area contributed by atoms with Crippen molar-refractivity contribution in [1.82, 2.24) is 10.2 Å². The van der Waals surface area contributed by atoms with Crippen LogP contribution in [0.15, 0.2) is 0 Å². The molecule has 6 heteroatoms. The summed E-state index contributed by atoms with van der Waals surface area (Å²) in [7, 11) is 0. The number of carbonyl (C=O) groups excluding carboxylic acids is 2. The van der Waals surface area contributed by atoms with Crippen molar-refractivity contribution in [2.45, 2.75) is 38.3 Å². The molecule has 1 saturated heterocycles. The molecule has 0 spiro atoms. The molecule has 2 fully saturated rings. The summed E-state index contributed by atoms with van der Waals surface area (Å²) in [6.07, 6.45) is 2.24. The highest BCUT2D eigenvalue weighted by Crippen LogP contribution is 2.41. The van der Waals surface area contributed by atoms with E-state index in [1.54, 1.807) is 4.90 Å². The minimum absolute atomic E-state index is 0.0194. The summed E-state index contributed by atoms with van der Waals surface area (Å²) in [5.41, 5.74) is 5.96. The number of hydrogen-bond donors (Lipinski definition) is 2. The van der Waals surface area contributed by atoms with Crippen LogP contribution in [0.1, 0.15) is 26.2 Å². The lowest BCUT2D eigenvalue weighted by molar-refractivity contribution is -0.133. The molecule has 1 aliphatic carbocycles. The molecule has 19 heavy (non-hydrogen) atoms. The number of nitrogens with zero attached hydrogens (tertiary/aromatic N) is 2. The predicted octanol–water partition coefficient (Wildman–Crippen LogP) is -0.400. The highest BCUT2D eigenvalue weighted by Gasteiger charge is 2.50. The molecule has 0 aromatic rings. The molecule has 0 bridgehead atoms. The summed E-state index contributed by atoms with van der Waals surface area (Å²) in [5, 5.41) is 11.7. The zero-order chi connectivity index (χ0) is 14.0. The van der Waals surface area contributed by atoms with Gasteiger partial charge >= 0.3 is 0 Å². The van der Waals surface area contributed by atoms with Crippen molar-refractivity contribution in [2.24, 2.45) is 17.6 Å². The molecule has 1 heterocycles. The summed E-state index contributed by atoms with van der Waals surface area (Å²) in [6.45, 7) is 3.05. The van der Waals surface area contributed by atoms with Gasteiger partial charge in [0.25, 0.3) is 0 Å². The Morgan fingerprint density at radius 1 is 1.58 bits per heavy atom. The fraction of sp³-hybridized carbons (Fsp3) is 0.769. The summed E-state index contributed by atoms with van der Waals surface area (Å²) < 4.78 is 0. The van der Waals surface area contributed by atoms with Crippen molar-refractivity contribution in [2.75, 3.05) is 13.1 Å². The van der Waals surface area contributed by atoms with Crippen molar-refractivity contribution >= 4 is 11.8 Å². The fourth-order valence-electron chi connectivity index (χ4n) is 2.76. The number of nitrogens with two attached hydrogens (primary N) is 1. The highest BCUT2D eigenvalue weighted by molar-refractivity contribution is 5.87. The summed E-state index contributed by atoms with van der Waals surface area (Å²) >= 11 is 0. The Morgan fingerprint density at radius 2 is 2.32 bits per heavy atom. The third-order valence-corrected chi connectivity index (χ3v) is 3.96. The van der Waals surface area contributed by atoms with E-state index in [0.29, 0.717) is 19.5 Å². The third-order valence-electron chi connectivity index (χ3n) is 3.96. The monoisotopic (exact) mass is 264 g/mol. The molecule has 0 aromatic carbocycles. The molecule has 0 aromatic heterocycles. The van der Waals surface area contributed by atoms with Crippen LogP contribution in [0.4, 0.5) is 0 Å². The van der Waals surface area contributed by atoms with Crippen molar-refractivity contribution in [3.8, 4) is 6.07 Å². The summed E-state index contributed by atoms with van der Waals surface area (Å²) in [5.74, 6) is -0.407. The van der Waals surface area contributed by atoms with Crippen molar-refractivity contribution in [3.05, 3.63) is 0 Å². The molecule has 1 aliphatic heterocycles. The normalized spacial score (nSPS) is 30.6. The fourth-order valence-corrected chi connectivity index (χ4v) is 2.76. The maximum absolute atomic E-state index is 12.2. The van der Waals surface area contributed by atoms with Gasteiger partial charge in [0, 0.05) is 19.0 Å². The lowest BCUT2D eigenvalue weighted by Gasteiger charge is -2.23. The first kappa shape index (κ1) is 13.8. The molecule has 104 valence electrons. The van der Waals surface area contributed by atoms with E-state index in [9.17, 15) is 9.59 Å². The van der Waals surface area contributed by atoms with Crippen LogP contribution < -0.4 is 11.1 Å². The Morgan fingerprint density at radius 3 is 2.95 bits per heavy atom. The van der Waals surface area contributed by atoms with Crippen molar-refractivity contribution < 1.29 is 9.59 Å². The SMILES string of the molecule is CCNC(=O)[C@H]1C[C@@H]1C(N)C(=O)N1CCCC1C#N. The van der Waals surface area contributed by atoms with Gasteiger partial charge in [-0.2, -0.15) is 5.26 Å². The first-order chi connectivity index (χ1) is 9.10. The minimum Gasteiger partial charge on any atom is -0.356 e. The maximum atomic E-state index is 12.2. The lowest BCUT2D eigenvalue weighted by Crippen LogP contribution is -2.47. The van der Waals surface area contributed by atoms with Crippen LogP contribution >= 0.6 is 0 Å². The molecule has 2 amide bonds. The van der Waals surface area contributed by atoms with Crippen molar-refractivity contribution in [3.63, 3.8) is 0 Å². The molecular weight excluding hydrogens is 244 g/mol. The van der Waals surface area contributed by atoms with Gasteiger partial charge in [-0.05, 0) is 32.1 Å². The Kier molecular flexibility index (Phi) is 4.05. The van der Waals surface area contributed by atoms with E-state index in [1.807, 2.05) is 6.92 Å². The summed E-state index contributed by atoms with van der Waals surface area (Å²) in [6, 6.07) is 1.14. The average Bonchev–Trinajstić information content (AvgIpc) is 3.07. The third kappa shape index (κ3) is 2.71.